The van der Waals surface area contributed by atoms with Crippen molar-refractivity contribution in [2.75, 3.05) is 0 Å². The van der Waals surface area contributed by atoms with Gasteiger partial charge in [0.25, 0.3) is 0 Å². The van der Waals surface area contributed by atoms with E-state index < -0.39 is 0 Å². The van der Waals surface area contributed by atoms with E-state index in [-0.39, 0.29) is 0 Å². The zero-order valence-corrected chi connectivity index (χ0v) is 14.0. The van der Waals surface area contributed by atoms with Gasteiger partial charge in [-0.1, -0.05) is 63.1 Å². The Bertz CT molecular complexity index is 991. The second kappa shape index (κ2) is 5.73. The zero-order valence-electron chi connectivity index (χ0n) is 14.0. The van der Waals surface area contributed by atoms with E-state index >= 15 is 0 Å². The number of hydrogen-bond donors (Lipinski definition) is 0. The summed E-state index contributed by atoms with van der Waals surface area (Å²) in [5, 5.41) is 2.76. The number of fused-ring (bicyclic) bond motifs is 5. The number of nitrogens with zero attached hydrogens (tertiary/aromatic N) is 1. The Hall–Kier alpha value is -2.28. The van der Waals surface area contributed by atoms with Gasteiger partial charge in [0, 0.05) is 10.8 Å². The lowest BCUT2D eigenvalue weighted by Gasteiger charge is -2.16. The van der Waals surface area contributed by atoms with Crippen LogP contribution in [0.4, 0.5) is 0 Å². The molecule has 116 valence electrons. The third-order valence-corrected chi connectivity index (χ3v) is 4.85. The number of pyridine rings is 1. The second-order valence-corrected chi connectivity index (χ2v) is 6.40. The first-order valence-corrected chi connectivity index (χ1v) is 8.77. The van der Waals surface area contributed by atoms with Crippen molar-refractivity contribution in [3.05, 3.63) is 65.7 Å². The molecule has 4 rings (SSSR count). The minimum Gasteiger partial charge on any atom is -0.309 e. The van der Waals surface area contributed by atoms with Crippen LogP contribution in [-0.2, 0) is 12.8 Å². The summed E-state index contributed by atoms with van der Waals surface area (Å²) in [6.45, 7) is 4.56. The van der Waals surface area contributed by atoms with Crippen molar-refractivity contribution < 1.29 is 0 Å². The Kier molecular flexibility index (Phi) is 3.57. The lowest BCUT2D eigenvalue weighted by atomic mass is 9.95. The summed E-state index contributed by atoms with van der Waals surface area (Å²) in [6, 6.07) is 20.0. The van der Waals surface area contributed by atoms with Gasteiger partial charge < -0.3 is 4.40 Å². The van der Waals surface area contributed by atoms with Crippen LogP contribution in [0.15, 0.2) is 54.6 Å². The molecule has 0 spiro atoms. The summed E-state index contributed by atoms with van der Waals surface area (Å²) in [7, 11) is 0. The van der Waals surface area contributed by atoms with Gasteiger partial charge in [0.1, 0.15) is 0 Å². The van der Waals surface area contributed by atoms with Crippen LogP contribution in [0, 0.1) is 0 Å². The Labute approximate surface area is 137 Å². The first-order chi connectivity index (χ1) is 11.3. The van der Waals surface area contributed by atoms with Gasteiger partial charge in [-0.2, -0.15) is 0 Å². The van der Waals surface area contributed by atoms with Gasteiger partial charge in [0.2, 0.25) is 0 Å². The minimum atomic E-state index is 1.15. The van der Waals surface area contributed by atoms with E-state index in [0.717, 1.165) is 12.8 Å². The molecule has 0 atom stereocenters. The quantitative estimate of drug-likeness (QED) is 0.426. The molecule has 1 nitrogen and oxygen atoms in total. The molecule has 0 aliphatic carbocycles. The molecule has 0 fully saturated rings. The maximum Gasteiger partial charge on any atom is 0.0537 e. The fourth-order valence-corrected chi connectivity index (χ4v) is 3.94. The maximum atomic E-state index is 2.47. The predicted octanol–water partition coefficient (Wildman–Crippen LogP) is 6.15. The van der Waals surface area contributed by atoms with Crippen molar-refractivity contribution >= 4 is 27.3 Å². The maximum absolute atomic E-state index is 2.47. The Balaban J connectivity index is 2.26. The van der Waals surface area contributed by atoms with E-state index in [1.54, 1.807) is 11.1 Å². The largest absolute Gasteiger partial charge is 0.309 e. The zero-order chi connectivity index (χ0) is 15.8. The summed E-state index contributed by atoms with van der Waals surface area (Å²) in [5.74, 6) is 0. The summed E-state index contributed by atoms with van der Waals surface area (Å²) in [5.41, 5.74) is 7.16. The second-order valence-electron chi connectivity index (χ2n) is 6.40. The van der Waals surface area contributed by atoms with Gasteiger partial charge in [0.15, 0.2) is 0 Å². The molecule has 2 heterocycles. The Morgan fingerprint density at radius 1 is 0.696 bits per heavy atom. The number of benzene rings is 2. The molecule has 0 bridgehead atoms. The SMILES string of the molecule is CCCc1c(CCC)c2cc3ccccc3n2c2ccccc12. The Morgan fingerprint density at radius 2 is 1.35 bits per heavy atom. The summed E-state index contributed by atoms with van der Waals surface area (Å²) in [4.78, 5) is 0. The molecule has 2 aromatic carbocycles. The summed E-state index contributed by atoms with van der Waals surface area (Å²) >= 11 is 0. The molecule has 0 aliphatic heterocycles. The van der Waals surface area contributed by atoms with Gasteiger partial charge in [-0.3, -0.25) is 0 Å². The third-order valence-electron chi connectivity index (χ3n) is 4.85. The van der Waals surface area contributed by atoms with Crippen molar-refractivity contribution in [1.29, 1.82) is 0 Å². The monoisotopic (exact) mass is 301 g/mol. The number of aryl methyl sites for hydroxylation is 2. The standard InChI is InChI=1S/C22H23N/c1-3-9-17-18(10-4-2)22-15-16-11-5-7-13-20(16)23(22)21-14-8-6-12-19(17)21/h5-8,11-15H,3-4,9-10H2,1-2H3. The van der Waals surface area contributed by atoms with Crippen molar-refractivity contribution in [1.82, 2.24) is 4.40 Å². The van der Waals surface area contributed by atoms with Gasteiger partial charge in [-0.25, -0.2) is 0 Å². The van der Waals surface area contributed by atoms with Crippen molar-refractivity contribution in [3.63, 3.8) is 0 Å². The molecule has 0 saturated heterocycles. The number of rotatable bonds is 4. The van der Waals surface area contributed by atoms with E-state index in [4.69, 9.17) is 0 Å². The average Bonchev–Trinajstić information content (AvgIpc) is 2.97. The highest BCUT2D eigenvalue weighted by molar-refractivity contribution is 5.97. The summed E-state index contributed by atoms with van der Waals surface area (Å²) in [6.07, 6.45) is 4.69. The fraction of sp³-hybridized carbons (Fsp3) is 0.273. The first kappa shape index (κ1) is 14.3. The molecular weight excluding hydrogens is 278 g/mol. The smallest absolute Gasteiger partial charge is 0.0537 e. The normalized spacial score (nSPS) is 11.7. The van der Waals surface area contributed by atoms with Crippen LogP contribution in [0.1, 0.15) is 37.8 Å². The molecule has 0 aliphatic rings. The number of hydrogen-bond acceptors (Lipinski definition) is 0. The molecule has 1 heteroatoms. The highest BCUT2D eigenvalue weighted by Gasteiger charge is 2.15. The molecular formula is C22H23N. The Morgan fingerprint density at radius 3 is 2.13 bits per heavy atom. The molecule has 0 saturated carbocycles. The van der Waals surface area contributed by atoms with E-state index in [1.165, 1.54) is 40.2 Å². The van der Waals surface area contributed by atoms with Crippen LogP contribution < -0.4 is 0 Å². The van der Waals surface area contributed by atoms with Gasteiger partial charge in [-0.05, 0) is 42.2 Å². The van der Waals surface area contributed by atoms with Crippen LogP contribution in [-0.4, -0.2) is 4.40 Å². The van der Waals surface area contributed by atoms with Crippen LogP contribution in [0.3, 0.4) is 0 Å². The minimum absolute atomic E-state index is 1.15. The average molecular weight is 301 g/mol. The molecule has 23 heavy (non-hydrogen) atoms. The molecule has 0 unspecified atom stereocenters. The molecule has 0 radical (unpaired) electrons. The molecule has 0 amide bonds. The number of aromatic nitrogens is 1. The summed E-state index contributed by atoms with van der Waals surface area (Å²) < 4.78 is 2.47. The first-order valence-electron chi connectivity index (χ1n) is 8.77. The molecule has 0 N–H and O–H groups in total. The van der Waals surface area contributed by atoms with E-state index in [0.29, 0.717) is 0 Å². The van der Waals surface area contributed by atoms with Crippen LogP contribution >= 0.6 is 0 Å². The number of para-hydroxylation sites is 2. The lowest BCUT2D eigenvalue weighted by Crippen LogP contribution is -2.01. The van der Waals surface area contributed by atoms with Gasteiger partial charge in [0.05, 0.1) is 16.6 Å². The van der Waals surface area contributed by atoms with Crippen molar-refractivity contribution in [2.24, 2.45) is 0 Å². The molecule has 4 aromatic rings. The highest BCUT2D eigenvalue weighted by atomic mass is 14.9. The van der Waals surface area contributed by atoms with Crippen LogP contribution in [0.2, 0.25) is 0 Å². The van der Waals surface area contributed by atoms with Gasteiger partial charge in [-0.15, -0.1) is 0 Å². The van der Waals surface area contributed by atoms with Crippen molar-refractivity contribution in [2.45, 2.75) is 39.5 Å². The lowest BCUT2D eigenvalue weighted by molar-refractivity contribution is 0.869. The van der Waals surface area contributed by atoms with E-state index in [9.17, 15) is 0 Å². The molecule has 2 aromatic heterocycles. The van der Waals surface area contributed by atoms with E-state index in [2.05, 4.69) is 72.8 Å². The fourth-order valence-electron chi connectivity index (χ4n) is 3.94. The van der Waals surface area contributed by atoms with Gasteiger partial charge >= 0.3 is 0 Å². The van der Waals surface area contributed by atoms with Crippen LogP contribution in [0.25, 0.3) is 27.3 Å². The van der Waals surface area contributed by atoms with Crippen LogP contribution in [0.5, 0.6) is 0 Å². The highest BCUT2D eigenvalue weighted by Crippen LogP contribution is 2.33. The topological polar surface area (TPSA) is 4.41 Å². The van der Waals surface area contributed by atoms with E-state index in [1.807, 2.05) is 0 Å². The third kappa shape index (κ3) is 2.15. The van der Waals surface area contributed by atoms with Crippen molar-refractivity contribution in [3.8, 4) is 0 Å². The predicted molar refractivity (Wildman–Crippen MR) is 100 cm³/mol.